The first kappa shape index (κ1) is 15.3. The minimum absolute atomic E-state index is 0.0806. The van der Waals surface area contributed by atoms with Crippen LogP contribution in [-0.4, -0.2) is 41.8 Å². The minimum Gasteiger partial charge on any atom is -0.383 e. The summed E-state index contributed by atoms with van der Waals surface area (Å²) in [6.07, 6.45) is 0. The SMILES string of the molecule is CC(CNc1ccccc1)N1CC(C)(C)OC(C)(C)C1. The molecule has 1 unspecified atom stereocenters. The number of hydrogen-bond donors (Lipinski definition) is 1. The fraction of sp³-hybridized carbons (Fsp3) is 0.647. The van der Waals surface area contributed by atoms with Crippen LogP contribution in [0.25, 0.3) is 0 Å². The highest BCUT2D eigenvalue weighted by Crippen LogP contribution is 2.29. The van der Waals surface area contributed by atoms with Gasteiger partial charge in [-0.3, -0.25) is 4.90 Å². The van der Waals surface area contributed by atoms with Crippen molar-refractivity contribution in [3.63, 3.8) is 0 Å². The third-order valence-electron chi connectivity index (χ3n) is 3.72. The zero-order valence-electron chi connectivity index (χ0n) is 13.4. The maximum atomic E-state index is 6.14. The fourth-order valence-corrected chi connectivity index (χ4v) is 3.11. The molecular weight excluding hydrogens is 248 g/mol. The number of morpholine rings is 1. The van der Waals surface area contributed by atoms with Crippen molar-refractivity contribution in [1.82, 2.24) is 4.90 Å². The third kappa shape index (κ3) is 4.22. The van der Waals surface area contributed by atoms with Gasteiger partial charge in [-0.2, -0.15) is 0 Å². The van der Waals surface area contributed by atoms with E-state index < -0.39 is 0 Å². The van der Waals surface area contributed by atoms with E-state index >= 15 is 0 Å². The lowest BCUT2D eigenvalue weighted by Gasteiger charge is -2.49. The molecule has 3 nitrogen and oxygen atoms in total. The molecule has 0 spiro atoms. The van der Waals surface area contributed by atoms with E-state index in [1.807, 2.05) is 6.07 Å². The second kappa shape index (κ2) is 5.74. The lowest BCUT2D eigenvalue weighted by atomic mass is 9.97. The molecule has 1 aliphatic rings. The van der Waals surface area contributed by atoms with E-state index in [1.54, 1.807) is 0 Å². The number of nitrogens with one attached hydrogen (secondary N) is 1. The van der Waals surface area contributed by atoms with E-state index in [1.165, 1.54) is 5.69 Å². The number of ether oxygens (including phenoxy) is 1. The second-order valence-electron chi connectivity index (χ2n) is 7.12. The number of para-hydroxylation sites is 1. The Labute approximate surface area is 123 Å². The molecule has 1 aromatic carbocycles. The average Bonchev–Trinajstić information content (AvgIpc) is 2.33. The van der Waals surface area contributed by atoms with Crippen LogP contribution in [0.15, 0.2) is 30.3 Å². The van der Waals surface area contributed by atoms with Crippen molar-refractivity contribution in [3.8, 4) is 0 Å². The maximum absolute atomic E-state index is 6.14. The molecule has 0 saturated carbocycles. The quantitative estimate of drug-likeness (QED) is 0.912. The first-order valence-electron chi connectivity index (χ1n) is 7.51. The summed E-state index contributed by atoms with van der Waals surface area (Å²) in [4.78, 5) is 2.53. The largest absolute Gasteiger partial charge is 0.383 e. The highest BCUT2D eigenvalue weighted by atomic mass is 16.5. The zero-order valence-corrected chi connectivity index (χ0v) is 13.4. The maximum Gasteiger partial charge on any atom is 0.0760 e. The van der Waals surface area contributed by atoms with Crippen LogP contribution in [0.3, 0.4) is 0 Å². The summed E-state index contributed by atoms with van der Waals surface area (Å²) in [5.41, 5.74) is 1.03. The molecule has 0 radical (unpaired) electrons. The highest BCUT2D eigenvalue weighted by Gasteiger charge is 2.39. The monoisotopic (exact) mass is 276 g/mol. The van der Waals surface area contributed by atoms with E-state index in [2.05, 4.69) is 69.1 Å². The molecule has 1 saturated heterocycles. The minimum atomic E-state index is -0.0806. The molecular formula is C17H28N2O. The molecule has 1 N–H and O–H groups in total. The third-order valence-corrected chi connectivity index (χ3v) is 3.72. The Kier molecular flexibility index (Phi) is 4.40. The number of rotatable bonds is 4. The van der Waals surface area contributed by atoms with E-state index in [0.29, 0.717) is 6.04 Å². The summed E-state index contributed by atoms with van der Waals surface area (Å²) in [6, 6.07) is 10.9. The molecule has 0 aliphatic carbocycles. The Morgan fingerprint density at radius 1 is 1.10 bits per heavy atom. The van der Waals surface area contributed by atoms with Gasteiger partial charge in [0.25, 0.3) is 0 Å². The summed E-state index contributed by atoms with van der Waals surface area (Å²) in [5, 5.41) is 3.51. The summed E-state index contributed by atoms with van der Waals surface area (Å²) in [5.74, 6) is 0. The van der Waals surface area contributed by atoms with Crippen molar-refractivity contribution < 1.29 is 4.74 Å². The lowest BCUT2D eigenvalue weighted by Crippen LogP contribution is -2.60. The van der Waals surface area contributed by atoms with Gasteiger partial charge in [-0.05, 0) is 46.8 Å². The molecule has 0 amide bonds. The van der Waals surface area contributed by atoms with Gasteiger partial charge in [-0.1, -0.05) is 18.2 Å². The highest BCUT2D eigenvalue weighted by molar-refractivity contribution is 5.42. The molecule has 112 valence electrons. The lowest BCUT2D eigenvalue weighted by molar-refractivity contribution is -0.185. The Hall–Kier alpha value is -1.06. The molecule has 1 heterocycles. The van der Waals surface area contributed by atoms with Gasteiger partial charge < -0.3 is 10.1 Å². The Morgan fingerprint density at radius 2 is 1.65 bits per heavy atom. The number of anilines is 1. The van der Waals surface area contributed by atoms with Gasteiger partial charge in [0.05, 0.1) is 11.2 Å². The zero-order chi connectivity index (χ0) is 14.8. The van der Waals surface area contributed by atoms with E-state index in [-0.39, 0.29) is 11.2 Å². The molecule has 3 heteroatoms. The number of benzene rings is 1. The fourth-order valence-electron chi connectivity index (χ4n) is 3.11. The van der Waals surface area contributed by atoms with Gasteiger partial charge in [-0.25, -0.2) is 0 Å². The number of nitrogens with zero attached hydrogens (tertiary/aromatic N) is 1. The molecule has 1 atom stereocenters. The molecule has 20 heavy (non-hydrogen) atoms. The van der Waals surface area contributed by atoms with Crippen LogP contribution < -0.4 is 5.32 Å². The van der Waals surface area contributed by atoms with Crippen LogP contribution in [-0.2, 0) is 4.74 Å². The van der Waals surface area contributed by atoms with Crippen LogP contribution in [0.1, 0.15) is 34.6 Å². The van der Waals surface area contributed by atoms with Crippen LogP contribution in [0.2, 0.25) is 0 Å². The molecule has 2 rings (SSSR count). The summed E-state index contributed by atoms with van der Waals surface area (Å²) in [6.45, 7) is 13.9. The van der Waals surface area contributed by atoms with E-state index in [4.69, 9.17) is 4.74 Å². The van der Waals surface area contributed by atoms with Crippen molar-refractivity contribution in [2.24, 2.45) is 0 Å². The summed E-state index contributed by atoms with van der Waals surface area (Å²) in [7, 11) is 0. The van der Waals surface area contributed by atoms with Crippen molar-refractivity contribution in [3.05, 3.63) is 30.3 Å². The standard InChI is InChI=1S/C17H28N2O/c1-14(11-18-15-9-7-6-8-10-15)19-12-16(2,3)20-17(4,5)13-19/h6-10,14,18H,11-13H2,1-5H3. The number of hydrogen-bond acceptors (Lipinski definition) is 3. The Morgan fingerprint density at radius 3 is 2.20 bits per heavy atom. The van der Waals surface area contributed by atoms with Crippen molar-refractivity contribution >= 4 is 5.69 Å². The Balaban J connectivity index is 1.93. The van der Waals surface area contributed by atoms with Crippen molar-refractivity contribution in [2.45, 2.75) is 51.9 Å². The van der Waals surface area contributed by atoms with E-state index in [9.17, 15) is 0 Å². The van der Waals surface area contributed by atoms with Crippen LogP contribution in [0, 0.1) is 0 Å². The van der Waals surface area contributed by atoms with Crippen LogP contribution >= 0.6 is 0 Å². The summed E-state index contributed by atoms with van der Waals surface area (Å²) < 4.78 is 6.14. The van der Waals surface area contributed by atoms with Gasteiger partial charge in [0, 0.05) is 31.4 Å². The average molecular weight is 276 g/mol. The van der Waals surface area contributed by atoms with Gasteiger partial charge in [0.2, 0.25) is 0 Å². The predicted molar refractivity (Wildman–Crippen MR) is 85.2 cm³/mol. The van der Waals surface area contributed by atoms with Crippen LogP contribution in [0.5, 0.6) is 0 Å². The van der Waals surface area contributed by atoms with Gasteiger partial charge in [0.1, 0.15) is 0 Å². The molecule has 1 aliphatic heterocycles. The summed E-state index contributed by atoms with van der Waals surface area (Å²) >= 11 is 0. The van der Waals surface area contributed by atoms with Gasteiger partial charge in [-0.15, -0.1) is 0 Å². The van der Waals surface area contributed by atoms with Gasteiger partial charge in [0.15, 0.2) is 0 Å². The molecule has 0 aromatic heterocycles. The van der Waals surface area contributed by atoms with Crippen molar-refractivity contribution in [2.75, 3.05) is 25.0 Å². The Bertz CT molecular complexity index is 412. The van der Waals surface area contributed by atoms with E-state index in [0.717, 1.165) is 19.6 Å². The molecule has 0 bridgehead atoms. The van der Waals surface area contributed by atoms with Gasteiger partial charge >= 0.3 is 0 Å². The topological polar surface area (TPSA) is 24.5 Å². The molecule has 1 fully saturated rings. The second-order valence-corrected chi connectivity index (χ2v) is 7.12. The molecule has 1 aromatic rings. The first-order valence-corrected chi connectivity index (χ1v) is 7.51. The normalized spacial score (nSPS) is 23.2. The predicted octanol–water partition coefficient (Wildman–Crippen LogP) is 3.38. The smallest absolute Gasteiger partial charge is 0.0760 e. The first-order chi connectivity index (χ1) is 9.27. The van der Waals surface area contributed by atoms with Crippen molar-refractivity contribution in [1.29, 1.82) is 0 Å². The van der Waals surface area contributed by atoms with Crippen LogP contribution in [0.4, 0.5) is 5.69 Å².